The molecular weight excluding hydrogens is 885 g/mol. The van der Waals surface area contributed by atoms with Gasteiger partial charge in [-0.3, -0.25) is 0 Å². The zero-order valence-corrected chi connectivity index (χ0v) is 51.5. The Morgan fingerprint density at radius 1 is 0.417 bits per heavy atom. The molecule has 0 aliphatic carbocycles. The second-order valence-electron chi connectivity index (χ2n) is 23.6. The van der Waals surface area contributed by atoms with E-state index in [1.54, 1.807) is 5.19 Å². The van der Waals surface area contributed by atoms with Crippen LogP contribution in [0.1, 0.15) is 228 Å². The van der Waals surface area contributed by atoms with Gasteiger partial charge in [0.2, 0.25) is 0 Å². The van der Waals surface area contributed by atoms with Crippen LogP contribution >= 0.6 is 0 Å². The summed E-state index contributed by atoms with van der Waals surface area (Å²) in [5.74, 6) is 4.79. The van der Waals surface area contributed by atoms with Crippen molar-refractivity contribution in [3.05, 3.63) is 201 Å². The van der Waals surface area contributed by atoms with Crippen LogP contribution in [0.15, 0.2) is 140 Å². The van der Waals surface area contributed by atoms with E-state index in [4.69, 9.17) is 4.74 Å². The van der Waals surface area contributed by atoms with Gasteiger partial charge >= 0.3 is 0 Å². The molecule has 0 saturated heterocycles. The molecule has 0 atom stereocenters. The highest BCUT2D eigenvalue weighted by Crippen LogP contribution is 2.25. The molecular formula is C70H106OSi. The fourth-order valence-corrected chi connectivity index (χ4v) is 8.65. The van der Waals surface area contributed by atoms with Crippen LogP contribution in [-0.4, -0.2) is 14.7 Å². The fraction of sp³-hybridized carbons (Fsp3) is 0.486. The third kappa shape index (κ3) is 25.8. The van der Waals surface area contributed by atoms with Crippen LogP contribution < -0.4 is 9.92 Å². The summed E-state index contributed by atoms with van der Waals surface area (Å²) >= 11 is 0. The van der Waals surface area contributed by atoms with Gasteiger partial charge in [0.25, 0.3) is 0 Å². The topological polar surface area (TPSA) is 9.23 Å². The largest absolute Gasteiger partial charge is 0.494 e. The second kappa shape index (κ2) is 33.2. The third-order valence-corrected chi connectivity index (χ3v) is 15.2. The minimum Gasteiger partial charge on any atom is -0.494 e. The van der Waals surface area contributed by atoms with E-state index in [1.165, 1.54) is 74.0 Å². The molecule has 0 aliphatic heterocycles. The van der Waals surface area contributed by atoms with E-state index >= 15 is 0 Å². The van der Waals surface area contributed by atoms with Crippen molar-refractivity contribution in [3.63, 3.8) is 0 Å². The maximum Gasteiger partial charge on any atom is 0.119 e. The Morgan fingerprint density at radius 3 is 1.14 bits per heavy atom. The summed E-state index contributed by atoms with van der Waals surface area (Å²) in [7, 11) is -1.09. The number of hydrogen-bond acceptors (Lipinski definition) is 1. The van der Waals surface area contributed by atoms with Gasteiger partial charge in [-0.05, 0) is 148 Å². The summed E-state index contributed by atoms with van der Waals surface area (Å²) < 4.78 is 5.40. The highest BCUT2D eigenvalue weighted by atomic mass is 28.3. The van der Waals surface area contributed by atoms with Gasteiger partial charge in [0.15, 0.2) is 0 Å². The van der Waals surface area contributed by atoms with Gasteiger partial charge in [-0.15, -0.1) is 0 Å². The maximum atomic E-state index is 5.40. The van der Waals surface area contributed by atoms with Crippen molar-refractivity contribution in [1.82, 2.24) is 0 Å². The molecule has 0 aromatic heterocycles. The second-order valence-corrected chi connectivity index (χ2v) is 28.7. The summed E-state index contributed by atoms with van der Waals surface area (Å²) in [6, 6.07) is 51.0. The Bertz CT molecular complexity index is 2250. The molecule has 6 aromatic rings. The minimum absolute atomic E-state index is 0.273. The summed E-state index contributed by atoms with van der Waals surface area (Å²) in [4.78, 5) is 0. The van der Waals surface area contributed by atoms with Crippen molar-refractivity contribution in [2.75, 3.05) is 6.61 Å². The van der Waals surface area contributed by atoms with Crippen molar-refractivity contribution in [1.29, 1.82) is 0 Å². The molecule has 0 bridgehead atoms. The Balaban J connectivity index is 0.000000432. The lowest BCUT2D eigenvalue weighted by Crippen LogP contribution is -2.37. The normalized spacial score (nSPS) is 11.1. The van der Waals surface area contributed by atoms with E-state index in [-0.39, 0.29) is 5.41 Å². The van der Waals surface area contributed by atoms with E-state index in [1.807, 2.05) is 19.1 Å². The van der Waals surface area contributed by atoms with Crippen LogP contribution in [-0.2, 0) is 18.3 Å². The number of rotatable bonds is 12. The molecule has 6 rings (SSSR count). The first-order chi connectivity index (χ1) is 33.6. The predicted octanol–water partition coefficient (Wildman–Crippen LogP) is 21.2. The molecule has 0 heterocycles. The van der Waals surface area contributed by atoms with Gasteiger partial charge in [-0.25, -0.2) is 0 Å². The Kier molecular flexibility index (Phi) is 30.1. The highest BCUT2D eigenvalue weighted by Gasteiger charge is 2.16. The molecule has 0 spiro atoms. The van der Waals surface area contributed by atoms with Crippen molar-refractivity contribution < 1.29 is 4.74 Å². The van der Waals surface area contributed by atoms with Crippen LogP contribution in [0.25, 0.3) is 0 Å². The number of ether oxygens (including phenoxy) is 1. The van der Waals surface area contributed by atoms with Crippen molar-refractivity contribution >= 4 is 13.3 Å². The summed E-state index contributed by atoms with van der Waals surface area (Å²) in [6.45, 7) is 52.0. The summed E-state index contributed by atoms with van der Waals surface area (Å²) in [6.07, 6.45) is 3.58. The van der Waals surface area contributed by atoms with E-state index in [0.717, 1.165) is 18.8 Å². The van der Waals surface area contributed by atoms with Gasteiger partial charge in [0.05, 0.1) is 14.7 Å². The SMILES string of the molecule is CC(C)c1ccc(C(C)(C)C)cc1.CC(C)c1ccc([Si](C)(C)C)cc1.CCCc1ccc(C(C)C)cc1.CCOc1cccc(C(C)C)c1.CCc1ccc(C(C)C)cc1.Cc1ccc(C(C)C)cc1C. The zero-order valence-electron chi connectivity index (χ0n) is 50.5. The molecule has 0 aliphatic rings. The Hall–Kier alpha value is -4.66. The fourth-order valence-electron chi connectivity index (χ4n) is 7.49. The summed E-state index contributed by atoms with van der Waals surface area (Å²) in [5.41, 5.74) is 15.9. The standard InChI is InChI=1S/C13H20.C12H20Si.C12H18.C11H16O.2C11H16/c2*1-10(2)11-6-8-12(9-7-11)13(3,4)5;1-4-5-11-6-8-12(9-7-11)10(2)3;1-4-12-11-7-5-6-10(8-11)9(2)3;1-8(2)11-6-5-9(3)10(4)7-11;1-4-10-5-7-11(8-6-10)9(2)3/h2*6-10H,1-5H3;6-10H,4-5H2,1-3H3;5-9H,4H2,1-3H3;5-8H,1-4H3;5-9H,4H2,1-3H3. The van der Waals surface area contributed by atoms with E-state index < -0.39 is 8.07 Å². The lowest BCUT2D eigenvalue weighted by molar-refractivity contribution is 0.340. The smallest absolute Gasteiger partial charge is 0.119 e. The minimum atomic E-state index is -1.09. The first-order valence-electron chi connectivity index (χ1n) is 27.8. The molecule has 0 fully saturated rings. The average Bonchev–Trinajstić information content (AvgIpc) is 3.33. The number of benzene rings is 6. The van der Waals surface area contributed by atoms with Gasteiger partial charge in [0, 0.05) is 0 Å². The maximum absolute atomic E-state index is 5.40. The van der Waals surface area contributed by atoms with Crippen LogP contribution in [0, 0.1) is 13.8 Å². The predicted molar refractivity (Wildman–Crippen MR) is 329 cm³/mol. The van der Waals surface area contributed by atoms with Crippen molar-refractivity contribution in [2.24, 2.45) is 0 Å². The van der Waals surface area contributed by atoms with Gasteiger partial charge in [0.1, 0.15) is 5.75 Å². The lowest BCUT2D eigenvalue weighted by atomic mass is 9.86. The first kappa shape index (κ1) is 65.4. The van der Waals surface area contributed by atoms with Crippen molar-refractivity contribution in [2.45, 2.75) is 218 Å². The zero-order chi connectivity index (χ0) is 54.8. The molecule has 0 amide bonds. The molecule has 0 unspecified atom stereocenters. The molecule has 1 nitrogen and oxygen atoms in total. The molecule has 2 heteroatoms. The van der Waals surface area contributed by atoms with E-state index in [9.17, 15) is 0 Å². The molecule has 6 aromatic carbocycles. The van der Waals surface area contributed by atoms with E-state index in [0.29, 0.717) is 35.5 Å². The van der Waals surface area contributed by atoms with Crippen molar-refractivity contribution in [3.8, 4) is 5.75 Å². The lowest BCUT2D eigenvalue weighted by Gasteiger charge is -2.19. The van der Waals surface area contributed by atoms with E-state index in [2.05, 4.69) is 279 Å². The van der Waals surface area contributed by atoms with Gasteiger partial charge in [-0.2, -0.15) is 0 Å². The molecule has 0 N–H and O–H groups in total. The van der Waals surface area contributed by atoms with Crippen LogP contribution in [0.4, 0.5) is 0 Å². The number of aryl methyl sites for hydroxylation is 4. The average molecular weight is 992 g/mol. The Morgan fingerprint density at radius 2 is 0.792 bits per heavy atom. The van der Waals surface area contributed by atoms with Crippen LogP contribution in [0.2, 0.25) is 19.6 Å². The quantitative estimate of drug-likeness (QED) is 0.111. The first-order valence-corrected chi connectivity index (χ1v) is 31.3. The number of hydrogen-bond donors (Lipinski definition) is 0. The van der Waals surface area contributed by atoms with Crippen LogP contribution in [0.3, 0.4) is 0 Å². The molecule has 0 saturated carbocycles. The summed E-state index contributed by atoms with van der Waals surface area (Å²) in [5, 5.41) is 1.55. The monoisotopic (exact) mass is 991 g/mol. The highest BCUT2D eigenvalue weighted by molar-refractivity contribution is 6.88. The Labute approximate surface area is 447 Å². The molecule has 0 radical (unpaired) electrons. The van der Waals surface area contributed by atoms with Crippen LogP contribution in [0.5, 0.6) is 5.75 Å². The molecule has 396 valence electrons. The molecule has 72 heavy (non-hydrogen) atoms. The van der Waals surface area contributed by atoms with Gasteiger partial charge < -0.3 is 4.74 Å². The van der Waals surface area contributed by atoms with Gasteiger partial charge in [-0.1, -0.05) is 276 Å². The third-order valence-electron chi connectivity index (χ3n) is 13.2.